The summed E-state index contributed by atoms with van der Waals surface area (Å²) in [4.78, 5) is 109. The van der Waals surface area contributed by atoms with E-state index in [1.807, 2.05) is 16.1 Å². The van der Waals surface area contributed by atoms with E-state index < -0.39 is 41.3 Å². The Balaban J connectivity index is 0.000000215. The SMILES string of the molecule is NNC(=O)c1ccc(F)cc1.NNO.O=C(NNC(=O)c1ccc2c(=O)n3c(nc2c1)CCCCCC3)c1ccc(F)cc1.O=C(O)c1ccc(F)cc1.O=C(O)c1ccc2c(=O)n3c(nc2c1)CCCCCC3.O=c1c2ccc(-c3nnc(-c4ccc(F)cc4)o3)cc2nc2n1CCCCCC2.[Na+].[OH-].[OH-]. The molecule has 7 aromatic carbocycles. The minimum atomic E-state index is -1.04. The Morgan fingerprint density at radius 1 is 0.396 bits per heavy atom. The van der Waals surface area contributed by atoms with E-state index in [0.717, 1.165) is 138 Å². The fourth-order valence-corrected chi connectivity index (χ4v) is 11.4. The number of aromatic carboxylic acids is 2. The minimum absolute atomic E-state index is 0. The first-order chi connectivity index (χ1) is 49.7. The summed E-state index contributed by atoms with van der Waals surface area (Å²) >= 11 is 0. The van der Waals surface area contributed by atoms with Crippen molar-refractivity contribution in [1.29, 1.82) is 0 Å². The number of nitrogens with zero attached hydrogens (tertiary/aromatic N) is 8. The average Bonchev–Trinajstić information content (AvgIpc) is 0.879. The molecule has 14 rings (SSSR count). The molecule has 33 heteroatoms. The predicted molar refractivity (Wildman–Crippen MR) is 376 cm³/mol. The first-order valence-electron chi connectivity index (χ1n) is 32.9. The van der Waals surface area contributed by atoms with Crippen LogP contribution < -0.4 is 79.8 Å². The number of fused-ring (bicyclic) bond motifs is 6. The number of halogens is 4. The van der Waals surface area contributed by atoms with Crippen molar-refractivity contribution < 1.29 is 102 Å². The molecule has 0 radical (unpaired) electrons. The number of hydrogen-bond acceptors (Lipinski definition) is 20. The number of nitrogen functional groups attached to an aromatic ring is 1. The van der Waals surface area contributed by atoms with Gasteiger partial charge >= 0.3 is 41.5 Å². The molecule has 106 heavy (non-hydrogen) atoms. The van der Waals surface area contributed by atoms with Gasteiger partial charge in [0.1, 0.15) is 40.7 Å². The van der Waals surface area contributed by atoms with Gasteiger partial charge < -0.3 is 30.8 Å². The minimum Gasteiger partial charge on any atom is -0.870 e. The standard InChI is InChI=1S/C22H21FN4O3.C22H19FN4O2.C15H16N2O3.C7H7FN2O.C7H5FO2.H4N2O.Na.2H2O/c23-16-9-6-14(7-10-16)20(28)25-26-21(29)15-8-11-17-18(13-15)24-19-5-3-1-2-4-12-27(19)22(17)30;23-16-9-6-14(7-10-16)20-25-26-21(29-20)15-8-11-17-18(13-15)24-19-5-3-1-2-4-12-27(19)22(17)28;18-14-11-7-6-10(15(19)20)9-12(11)16-13-5-3-1-2-4-8-17(13)14;8-6-3-1-5(2-4-6)7(11)10-9;8-6-3-1-5(2-4-6)7(9)10;1-2-3;;;/h6-11,13H,1-5,12H2,(H,25,28)(H,26,29);6-11,13H,1-5,12H2;6-7,9H,1-5,8H2,(H,19,20);1-4H,9H2,(H,10,11);1-4H,(H,9,10);2-3H,1H2;;2*1H2/q;;;;;;+1;;/p-2. The molecule has 0 aliphatic carbocycles. The molecule has 0 saturated heterocycles. The molecule has 28 nitrogen and oxygen atoms in total. The number of aromatic nitrogens is 8. The largest absolute Gasteiger partial charge is 1.00 e. The van der Waals surface area contributed by atoms with Gasteiger partial charge in [0, 0.05) is 66.7 Å². The van der Waals surface area contributed by atoms with Crippen LogP contribution in [0.1, 0.15) is 146 Å². The number of amides is 3. The van der Waals surface area contributed by atoms with E-state index >= 15 is 0 Å². The Hall–Kier alpha value is -11.1. The van der Waals surface area contributed by atoms with E-state index in [1.54, 1.807) is 51.6 Å². The first kappa shape index (κ1) is 83.9. The van der Waals surface area contributed by atoms with E-state index in [2.05, 4.69) is 36.9 Å². The van der Waals surface area contributed by atoms with Gasteiger partial charge in [-0.05, 0) is 190 Å². The second-order valence-electron chi connectivity index (χ2n) is 23.7. The van der Waals surface area contributed by atoms with Crippen LogP contribution >= 0.6 is 0 Å². The summed E-state index contributed by atoms with van der Waals surface area (Å²) in [6.45, 7) is 2.09. The van der Waals surface area contributed by atoms with Crippen LogP contribution in [0.25, 0.3) is 55.6 Å². The van der Waals surface area contributed by atoms with Crippen LogP contribution in [0.2, 0.25) is 0 Å². The maximum absolute atomic E-state index is 13.1. The van der Waals surface area contributed by atoms with Crippen molar-refractivity contribution >= 4 is 62.4 Å². The van der Waals surface area contributed by atoms with Gasteiger partial charge in [-0.15, -0.1) is 15.8 Å². The number of carbonyl (C=O) groups excluding carboxylic acids is 3. The smallest absolute Gasteiger partial charge is 0.870 e. The van der Waals surface area contributed by atoms with Gasteiger partial charge in [0.25, 0.3) is 34.4 Å². The first-order valence-corrected chi connectivity index (χ1v) is 32.9. The summed E-state index contributed by atoms with van der Waals surface area (Å²) in [5.41, 5.74) is 11.7. The van der Waals surface area contributed by atoms with Gasteiger partial charge in [-0.25, -0.2) is 53.8 Å². The molecule has 4 aromatic heterocycles. The molecule has 0 saturated carbocycles. The molecule has 0 atom stereocenters. The molecule has 3 aliphatic heterocycles. The fraction of sp³-hybridized carbons (Fsp3) is 0.247. The van der Waals surface area contributed by atoms with Gasteiger partial charge in [-0.3, -0.25) is 58.7 Å². The fourth-order valence-electron chi connectivity index (χ4n) is 11.4. The number of rotatable bonds is 7. The number of carbonyl (C=O) groups is 5. The van der Waals surface area contributed by atoms with Crippen molar-refractivity contribution in [1.82, 2.24) is 60.7 Å². The third kappa shape index (κ3) is 22.5. The topological polar surface area (TPSA) is 450 Å². The van der Waals surface area contributed by atoms with Crippen LogP contribution in [0.3, 0.4) is 0 Å². The number of hydrogen-bond donors (Lipinski definition) is 9. The van der Waals surface area contributed by atoms with E-state index in [-0.39, 0.29) is 91.1 Å². The van der Waals surface area contributed by atoms with Crippen LogP contribution in [0, 0.1) is 23.3 Å². The van der Waals surface area contributed by atoms with Crippen molar-refractivity contribution in [3.8, 4) is 22.9 Å². The van der Waals surface area contributed by atoms with Crippen molar-refractivity contribution in [2.75, 3.05) is 0 Å². The average molecular weight is 1470 g/mol. The number of aryl methyl sites for hydroxylation is 3. The van der Waals surface area contributed by atoms with Crippen LogP contribution in [-0.4, -0.2) is 94.9 Å². The molecule has 3 amide bonds. The third-order valence-electron chi connectivity index (χ3n) is 16.7. The summed E-state index contributed by atoms with van der Waals surface area (Å²) < 4.78 is 61.6. The van der Waals surface area contributed by atoms with Crippen molar-refractivity contribution in [3.05, 3.63) is 251 Å². The second kappa shape index (κ2) is 40.8. The summed E-state index contributed by atoms with van der Waals surface area (Å²) in [5.74, 6) is 6.86. The zero-order valence-corrected chi connectivity index (χ0v) is 59.3. The maximum Gasteiger partial charge on any atom is 1.00 e. The molecule has 550 valence electrons. The van der Waals surface area contributed by atoms with Crippen molar-refractivity contribution in [2.24, 2.45) is 11.7 Å². The van der Waals surface area contributed by atoms with Crippen LogP contribution in [0.4, 0.5) is 17.6 Å². The normalized spacial score (nSPS) is 12.7. The monoisotopic (exact) mass is 1470 g/mol. The van der Waals surface area contributed by atoms with Gasteiger partial charge in [-0.1, -0.05) is 38.5 Å². The molecule has 0 bridgehead atoms. The Bertz CT molecular complexity index is 5030. The van der Waals surface area contributed by atoms with Crippen LogP contribution in [0.5, 0.6) is 0 Å². The molecule has 11 aromatic rings. The van der Waals surface area contributed by atoms with E-state index in [1.165, 1.54) is 90.9 Å². The van der Waals surface area contributed by atoms with E-state index in [4.69, 9.17) is 30.7 Å². The molecular weight excluding hydrogens is 1400 g/mol. The zero-order valence-electron chi connectivity index (χ0n) is 57.3. The van der Waals surface area contributed by atoms with Gasteiger partial charge in [0.15, 0.2) is 0 Å². The molecule has 7 heterocycles. The van der Waals surface area contributed by atoms with Crippen molar-refractivity contribution in [3.63, 3.8) is 0 Å². The number of nitrogens with two attached hydrogens (primary N) is 2. The predicted octanol–water partition coefficient (Wildman–Crippen LogP) is 6.75. The van der Waals surface area contributed by atoms with Gasteiger partial charge in [-0.2, -0.15) is 0 Å². The maximum atomic E-state index is 13.1. The number of carboxylic acids is 2. The second-order valence-corrected chi connectivity index (χ2v) is 23.7. The van der Waals surface area contributed by atoms with E-state index in [9.17, 15) is 55.9 Å². The summed E-state index contributed by atoms with van der Waals surface area (Å²) in [6, 6.07) is 35.2. The Morgan fingerprint density at radius 3 is 1.09 bits per heavy atom. The summed E-state index contributed by atoms with van der Waals surface area (Å²) in [7, 11) is 0. The summed E-state index contributed by atoms with van der Waals surface area (Å²) in [6.07, 6.45) is 15.2. The molecule has 0 fully saturated rings. The Morgan fingerprint density at radius 2 is 0.698 bits per heavy atom. The van der Waals surface area contributed by atoms with Gasteiger partial charge in [0.05, 0.1) is 43.8 Å². The van der Waals surface area contributed by atoms with Crippen LogP contribution in [0.15, 0.2) is 170 Å². The molecule has 13 N–H and O–H groups in total. The summed E-state index contributed by atoms with van der Waals surface area (Å²) in [5, 5.41) is 34.2. The molecular formula is C73H74F4N14NaO14-. The number of carboxylic acid groups (broad SMARTS) is 2. The molecule has 0 unspecified atom stereocenters. The van der Waals surface area contributed by atoms with Crippen LogP contribution in [-0.2, 0) is 38.9 Å². The third-order valence-corrected chi connectivity index (χ3v) is 16.7. The molecule has 0 spiro atoms. The van der Waals surface area contributed by atoms with Crippen molar-refractivity contribution in [2.45, 2.75) is 116 Å². The number of nitrogens with one attached hydrogen (secondary N) is 4. The number of hydrazine groups is 3. The van der Waals surface area contributed by atoms with Gasteiger partial charge in [0.2, 0.25) is 11.8 Å². The van der Waals surface area contributed by atoms with E-state index in [0.29, 0.717) is 74.3 Å². The zero-order chi connectivity index (χ0) is 73.5. The quantitative estimate of drug-likeness (QED) is 0.0262. The Labute approximate surface area is 623 Å². The molecule has 3 aliphatic rings. The number of benzene rings is 7. The Kier molecular flexibility index (Phi) is 32.3.